The number of halogens is 4. The third-order valence-corrected chi connectivity index (χ3v) is 4.50. The van der Waals surface area contributed by atoms with Crippen LogP contribution in [0.25, 0.3) is 0 Å². The number of hydrogen-bond donors (Lipinski definition) is 0. The predicted molar refractivity (Wildman–Crippen MR) is 71.2 cm³/mol. The number of nitrogens with zero attached hydrogens (tertiary/aromatic N) is 3. The summed E-state index contributed by atoms with van der Waals surface area (Å²) in [5, 5.41) is 0. The number of imidazole rings is 1. The highest BCUT2D eigenvalue weighted by molar-refractivity contribution is 6.18. The van der Waals surface area contributed by atoms with Gasteiger partial charge in [0.2, 0.25) is 5.95 Å². The van der Waals surface area contributed by atoms with E-state index in [1.54, 1.807) is 4.57 Å². The molecule has 7 heteroatoms. The van der Waals surface area contributed by atoms with Crippen LogP contribution in [0.15, 0.2) is 6.20 Å². The van der Waals surface area contributed by atoms with Crippen LogP contribution < -0.4 is 4.90 Å². The molecule has 1 saturated heterocycles. The van der Waals surface area contributed by atoms with Gasteiger partial charge in [0, 0.05) is 31.2 Å². The summed E-state index contributed by atoms with van der Waals surface area (Å²) < 4.78 is 40.2. The van der Waals surface area contributed by atoms with E-state index >= 15 is 0 Å². The minimum atomic E-state index is -4.37. The van der Waals surface area contributed by atoms with E-state index in [4.69, 9.17) is 11.6 Å². The molecule has 2 fully saturated rings. The van der Waals surface area contributed by atoms with Crippen LogP contribution in [0.4, 0.5) is 19.1 Å². The molecule has 1 aromatic heterocycles. The zero-order valence-corrected chi connectivity index (χ0v) is 11.8. The third-order valence-electron chi connectivity index (χ3n) is 4.06. The number of hydrogen-bond acceptors (Lipinski definition) is 2. The average molecular weight is 308 g/mol. The van der Waals surface area contributed by atoms with Gasteiger partial charge in [-0.25, -0.2) is 4.98 Å². The van der Waals surface area contributed by atoms with Crippen LogP contribution in [0, 0.1) is 5.92 Å². The van der Waals surface area contributed by atoms with Crippen molar-refractivity contribution >= 4 is 17.5 Å². The van der Waals surface area contributed by atoms with E-state index in [9.17, 15) is 13.2 Å². The number of alkyl halides is 4. The first-order valence-corrected chi connectivity index (χ1v) is 7.49. The summed E-state index contributed by atoms with van der Waals surface area (Å²) in [6, 6.07) is 0.194. The van der Waals surface area contributed by atoms with Crippen molar-refractivity contribution in [3.63, 3.8) is 0 Å². The SMILES string of the molecule is FC(F)(F)c1cn(C2CC2)c(N2CCC(CCl)CC2)n1. The van der Waals surface area contributed by atoms with Crippen molar-refractivity contribution in [2.45, 2.75) is 37.9 Å². The molecule has 0 atom stereocenters. The Morgan fingerprint density at radius 2 is 1.85 bits per heavy atom. The second-order valence-corrected chi connectivity index (χ2v) is 5.96. The van der Waals surface area contributed by atoms with Gasteiger partial charge in [-0.15, -0.1) is 11.6 Å². The maximum Gasteiger partial charge on any atom is 0.434 e. The smallest absolute Gasteiger partial charge is 0.342 e. The van der Waals surface area contributed by atoms with Gasteiger partial charge < -0.3 is 9.47 Å². The fourth-order valence-electron chi connectivity index (χ4n) is 2.66. The zero-order valence-electron chi connectivity index (χ0n) is 11.0. The third kappa shape index (κ3) is 2.75. The summed E-state index contributed by atoms with van der Waals surface area (Å²) in [4.78, 5) is 5.82. The van der Waals surface area contributed by atoms with Crippen LogP contribution in [-0.2, 0) is 6.18 Å². The molecule has 0 unspecified atom stereocenters. The molecular formula is C13H17ClF3N3. The summed E-state index contributed by atoms with van der Waals surface area (Å²) in [6.07, 6.45) is 0.520. The monoisotopic (exact) mass is 307 g/mol. The summed E-state index contributed by atoms with van der Waals surface area (Å²) in [7, 11) is 0. The summed E-state index contributed by atoms with van der Waals surface area (Å²) in [5.74, 6) is 1.57. The van der Waals surface area contributed by atoms with E-state index in [0.29, 0.717) is 17.7 Å². The molecule has 1 aliphatic heterocycles. The predicted octanol–water partition coefficient (Wildman–Crippen LogP) is 3.69. The molecule has 1 aromatic rings. The van der Waals surface area contributed by atoms with Gasteiger partial charge in [-0.3, -0.25) is 0 Å². The fourth-order valence-corrected chi connectivity index (χ4v) is 2.97. The first-order valence-electron chi connectivity index (χ1n) is 6.96. The Bertz CT molecular complexity index is 474. The van der Waals surface area contributed by atoms with Gasteiger partial charge in [0.05, 0.1) is 0 Å². The normalized spacial score (nSPS) is 21.5. The van der Waals surface area contributed by atoms with Crippen LogP contribution in [0.3, 0.4) is 0 Å². The van der Waals surface area contributed by atoms with Crippen LogP contribution >= 0.6 is 11.6 Å². The molecular weight excluding hydrogens is 291 g/mol. The molecule has 2 heterocycles. The lowest BCUT2D eigenvalue weighted by molar-refractivity contribution is -0.140. The highest BCUT2D eigenvalue weighted by atomic mass is 35.5. The van der Waals surface area contributed by atoms with E-state index in [-0.39, 0.29) is 6.04 Å². The summed E-state index contributed by atoms with van der Waals surface area (Å²) >= 11 is 5.84. The number of rotatable bonds is 3. The lowest BCUT2D eigenvalue weighted by atomic mass is 9.99. The first-order chi connectivity index (χ1) is 9.49. The number of aromatic nitrogens is 2. The lowest BCUT2D eigenvalue weighted by Crippen LogP contribution is -2.36. The molecule has 1 saturated carbocycles. The Balaban J connectivity index is 1.83. The Kier molecular flexibility index (Phi) is 3.60. The molecule has 1 aliphatic carbocycles. The van der Waals surface area contributed by atoms with Crippen LogP contribution in [-0.4, -0.2) is 28.5 Å². The van der Waals surface area contributed by atoms with Crippen molar-refractivity contribution in [3.05, 3.63) is 11.9 Å². The minimum Gasteiger partial charge on any atom is -0.342 e. The largest absolute Gasteiger partial charge is 0.434 e. The van der Waals surface area contributed by atoms with E-state index in [0.717, 1.165) is 38.8 Å². The Morgan fingerprint density at radius 3 is 2.35 bits per heavy atom. The molecule has 3 nitrogen and oxygen atoms in total. The van der Waals surface area contributed by atoms with Crippen molar-refractivity contribution in [1.82, 2.24) is 9.55 Å². The number of anilines is 1. The quantitative estimate of drug-likeness (QED) is 0.794. The van der Waals surface area contributed by atoms with E-state index < -0.39 is 11.9 Å². The molecule has 0 aromatic carbocycles. The molecule has 2 aliphatic rings. The Morgan fingerprint density at radius 1 is 1.20 bits per heavy atom. The minimum absolute atomic E-state index is 0.194. The maximum absolute atomic E-state index is 12.8. The second kappa shape index (κ2) is 5.13. The standard InChI is InChI=1S/C13H17ClF3N3/c14-7-9-3-5-19(6-4-9)12-18-11(13(15,16)17)8-20(12)10-1-2-10/h8-10H,1-7H2. The lowest BCUT2D eigenvalue weighted by Gasteiger charge is -2.32. The van der Waals surface area contributed by atoms with Crippen molar-refractivity contribution in [2.24, 2.45) is 5.92 Å². The molecule has 3 rings (SSSR count). The summed E-state index contributed by atoms with van der Waals surface area (Å²) in [6.45, 7) is 1.47. The van der Waals surface area contributed by atoms with Crippen molar-refractivity contribution in [2.75, 3.05) is 23.9 Å². The Labute approximate surface area is 120 Å². The molecule has 0 radical (unpaired) electrons. The molecule has 0 spiro atoms. The molecule has 0 bridgehead atoms. The van der Waals surface area contributed by atoms with E-state index in [1.165, 1.54) is 6.20 Å². The maximum atomic E-state index is 12.8. The molecule has 0 amide bonds. The molecule has 20 heavy (non-hydrogen) atoms. The van der Waals surface area contributed by atoms with E-state index in [2.05, 4.69) is 4.98 Å². The fraction of sp³-hybridized carbons (Fsp3) is 0.769. The first kappa shape index (κ1) is 14.0. The molecule has 0 N–H and O–H groups in total. The van der Waals surface area contributed by atoms with Gasteiger partial charge >= 0.3 is 6.18 Å². The topological polar surface area (TPSA) is 21.1 Å². The van der Waals surface area contributed by atoms with E-state index in [1.807, 2.05) is 4.90 Å². The van der Waals surface area contributed by atoms with Gasteiger partial charge in [-0.2, -0.15) is 13.2 Å². The zero-order chi connectivity index (χ0) is 14.3. The van der Waals surface area contributed by atoms with Crippen LogP contribution in [0.5, 0.6) is 0 Å². The van der Waals surface area contributed by atoms with Gasteiger partial charge in [0.25, 0.3) is 0 Å². The van der Waals surface area contributed by atoms with Crippen LogP contribution in [0.2, 0.25) is 0 Å². The highest BCUT2D eigenvalue weighted by Gasteiger charge is 2.38. The van der Waals surface area contributed by atoms with Crippen molar-refractivity contribution < 1.29 is 13.2 Å². The van der Waals surface area contributed by atoms with Crippen molar-refractivity contribution in [3.8, 4) is 0 Å². The summed E-state index contributed by atoms with van der Waals surface area (Å²) in [5.41, 5.74) is -0.779. The molecule has 112 valence electrons. The van der Waals surface area contributed by atoms with Crippen molar-refractivity contribution in [1.29, 1.82) is 0 Å². The highest BCUT2D eigenvalue weighted by Crippen LogP contribution is 2.41. The Hall–Kier alpha value is -0.910. The van der Waals surface area contributed by atoms with Gasteiger partial charge in [-0.1, -0.05) is 0 Å². The second-order valence-electron chi connectivity index (χ2n) is 5.65. The van der Waals surface area contributed by atoms with Gasteiger partial charge in [0.15, 0.2) is 5.69 Å². The number of piperidine rings is 1. The van der Waals surface area contributed by atoms with Crippen LogP contribution in [0.1, 0.15) is 37.4 Å². The van der Waals surface area contributed by atoms with Gasteiger partial charge in [0.1, 0.15) is 0 Å². The van der Waals surface area contributed by atoms with Gasteiger partial charge in [-0.05, 0) is 31.6 Å². The average Bonchev–Trinajstić information content (AvgIpc) is 3.16.